The maximum atomic E-state index is 13.7. The summed E-state index contributed by atoms with van der Waals surface area (Å²) >= 11 is 1.32. The summed E-state index contributed by atoms with van der Waals surface area (Å²) in [5.74, 6) is -1.18. The molecule has 3 rings (SSSR count). The number of carbonyl (C=O) groups is 1. The molecule has 2 aromatic rings. The van der Waals surface area contributed by atoms with E-state index >= 15 is 0 Å². The van der Waals surface area contributed by atoms with E-state index < -0.39 is 11.6 Å². The molecule has 128 valence electrons. The van der Waals surface area contributed by atoms with Gasteiger partial charge in [-0.2, -0.15) is 0 Å². The summed E-state index contributed by atoms with van der Waals surface area (Å²) in [7, 11) is 0. The van der Waals surface area contributed by atoms with Gasteiger partial charge in [0.1, 0.15) is 16.6 Å². The molecule has 0 saturated carbocycles. The van der Waals surface area contributed by atoms with Crippen molar-refractivity contribution in [3.8, 4) is 0 Å². The molecule has 0 radical (unpaired) electrons. The number of nitrogens with zero attached hydrogens (tertiary/aromatic N) is 3. The first-order valence-corrected chi connectivity index (χ1v) is 8.42. The van der Waals surface area contributed by atoms with Gasteiger partial charge in [-0.1, -0.05) is 32.1 Å². The Morgan fingerprint density at radius 2 is 2.04 bits per heavy atom. The molecule has 0 saturated heterocycles. The Kier molecular flexibility index (Phi) is 4.25. The first kappa shape index (κ1) is 16.8. The molecule has 1 aromatic carbocycles. The minimum Gasteiger partial charge on any atom is -0.320 e. The maximum Gasteiger partial charge on any atom is 0.324 e. The van der Waals surface area contributed by atoms with E-state index in [1.165, 1.54) is 22.3 Å². The van der Waals surface area contributed by atoms with Crippen LogP contribution in [0.5, 0.6) is 0 Å². The van der Waals surface area contributed by atoms with Crippen molar-refractivity contribution >= 4 is 22.5 Å². The summed E-state index contributed by atoms with van der Waals surface area (Å²) in [5, 5.41) is 12.0. The molecular weight excluding hydrogens is 334 g/mol. The van der Waals surface area contributed by atoms with Gasteiger partial charge in [-0.05, 0) is 23.6 Å². The second kappa shape index (κ2) is 6.08. The van der Waals surface area contributed by atoms with E-state index in [0.29, 0.717) is 29.2 Å². The fourth-order valence-electron chi connectivity index (χ4n) is 2.53. The predicted octanol–water partition coefficient (Wildman–Crippen LogP) is 3.70. The number of rotatable bonds is 1. The van der Waals surface area contributed by atoms with E-state index in [1.807, 2.05) is 20.8 Å². The Labute approximate surface area is 142 Å². The summed E-state index contributed by atoms with van der Waals surface area (Å²) in [6.07, 6.45) is 0.359. The molecule has 0 aliphatic carbocycles. The molecule has 1 aliphatic rings. The number of nitrogens with one attached hydrogen (secondary N) is 1. The first-order chi connectivity index (χ1) is 11.2. The largest absolute Gasteiger partial charge is 0.324 e. The Morgan fingerprint density at radius 1 is 1.29 bits per heavy atom. The number of amides is 2. The van der Waals surface area contributed by atoms with Gasteiger partial charge in [0.15, 0.2) is 0 Å². The van der Waals surface area contributed by atoms with E-state index in [0.717, 1.165) is 11.1 Å². The molecule has 5 nitrogen and oxygen atoms in total. The molecule has 2 heterocycles. The first-order valence-electron chi connectivity index (χ1n) is 7.61. The maximum absolute atomic E-state index is 13.7. The topological polar surface area (TPSA) is 58.1 Å². The zero-order chi connectivity index (χ0) is 17.5. The molecule has 1 aliphatic heterocycles. The van der Waals surface area contributed by atoms with Gasteiger partial charge < -0.3 is 4.90 Å². The highest BCUT2D eigenvalue weighted by molar-refractivity contribution is 7.15. The summed E-state index contributed by atoms with van der Waals surface area (Å²) in [5.41, 5.74) is 0.840. The summed E-state index contributed by atoms with van der Waals surface area (Å²) in [6.45, 7) is 6.59. The number of fused-ring (bicyclic) bond motifs is 1. The standard InChI is InChI=1S/C16H18F2N4OS/c1-16(2,3)13-20-21-14(24-13)19-15(23)22-5-4-11-9(8-22)6-10(17)7-12(11)18/h6-7H,4-5,8H2,1-3H3,(H,19,21,23). The van der Waals surface area contributed by atoms with Crippen molar-refractivity contribution in [2.24, 2.45) is 0 Å². The quantitative estimate of drug-likeness (QED) is 0.851. The van der Waals surface area contributed by atoms with Crippen molar-refractivity contribution in [3.05, 3.63) is 39.9 Å². The Hall–Kier alpha value is -2.09. The van der Waals surface area contributed by atoms with Crippen molar-refractivity contribution in [3.63, 3.8) is 0 Å². The van der Waals surface area contributed by atoms with Gasteiger partial charge in [-0.15, -0.1) is 10.2 Å². The Balaban J connectivity index is 1.71. The van der Waals surface area contributed by atoms with Crippen molar-refractivity contribution in [2.45, 2.75) is 39.2 Å². The zero-order valence-corrected chi connectivity index (χ0v) is 14.5. The zero-order valence-electron chi connectivity index (χ0n) is 13.7. The average Bonchev–Trinajstić information content (AvgIpc) is 2.95. The lowest BCUT2D eigenvalue weighted by Crippen LogP contribution is -2.39. The van der Waals surface area contributed by atoms with Crippen LogP contribution in [0.25, 0.3) is 0 Å². The minimum atomic E-state index is -0.632. The number of urea groups is 1. The van der Waals surface area contributed by atoms with Crippen molar-refractivity contribution in [2.75, 3.05) is 11.9 Å². The number of hydrogen-bond acceptors (Lipinski definition) is 4. The number of hydrogen-bond donors (Lipinski definition) is 1. The highest BCUT2D eigenvalue weighted by Crippen LogP contribution is 2.28. The third kappa shape index (κ3) is 3.38. The minimum absolute atomic E-state index is 0.139. The van der Waals surface area contributed by atoms with Crippen molar-refractivity contribution in [1.29, 1.82) is 0 Å². The number of aromatic nitrogens is 2. The van der Waals surface area contributed by atoms with Gasteiger partial charge in [0.05, 0.1) is 0 Å². The van der Waals surface area contributed by atoms with Gasteiger partial charge in [0.2, 0.25) is 5.13 Å². The van der Waals surface area contributed by atoms with Crippen LogP contribution in [0.2, 0.25) is 0 Å². The van der Waals surface area contributed by atoms with Crippen LogP contribution in [-0.4, -0.2) is 27.7 Å². The SMILES string of the molecule is CC(C)(C)c1nnc(NC(=O)N2CCc3c(F)cc(F)cc3C2)s1. The number of anilines is 1. The molecule has 8 heteroatoms. The van der Waals surface area contributed by atoms with Crippen LogP contribution < -0.4 is 5.32 Å². The van der Waals surface area contributed by atoms with E-state index in [-0.39, 0.29) is 18.0 Å². The molecule has 0 spiro atoms. The number of benzene rings is 1. The molecule has 0 bridgehead atoms. The molecule has 1 aromatic heterocycles. The van der Waals surface area contributed by atoms with E-state index in [2.05, 4.69) is 15.5 Å². The number of halogens is 2. The van der Waals surface area contributed by atoms with Gasteiger partial charge in [-0.25, -0.2) is 13.6 Å². The Bertz CT molecular complexity index is 785. The van der Waals surface area contributed by atoms with Crippen molar-refractivity contribution in [1.82, 2.24) is 15.1 Å². The molecule has 1 N–H and O–H groups in total. The highest BCUT2D eigenvalue weighted by atomic mass is 32.1. The molecule has 24 heavy (non-hydrogen) atoms. The second-order valence-electron chi connectivity index (χ2n) is 6.79. The third-order valence-corrected chi connectivity index (χ3v) is 5.08. The molecule has 0 fully saturated rings. The average molecular weight is 352 g/mol. The van der Waals surface area contributed by atoms with Crippen LogP contribution in [0.3, 0.4) is 0 Å². The summed E-state index contributed by atoms with van der Waals surface area (Å²) < 4.78 is 27.1. The predicted molar refractivity (Wildman–Crippen MR) is 88.1 cm³/mol. The van der Waals surface area contributed by atoms with E-state index in [1.54, 1.807) is 0 Å². The van der Waals surface area contributed by atoms with Crippen LogP contribution in [0.4, 0.5) is 18.7 Å². The Morgan fingerprint density at radius 3 is 2.71 bits per heavy atom. The van der Waals surface area contributed by atoms with E-state index in [4.69, 9.17) is 0 Å². The number of carbonyl (C=O) groups excluding carboxylic acids is 1. The smallest absolute Gasteiger partial charge is 0.320 e. The summed E-state index contributed by atoms with van der Waals surface area (Å²) in [6, 6.07) is 1.81. The molecular formula is C16H18F2N4OS. The highest BCUT2D eigenvalue weighted by Gasteiger charge is 2.25. The van der Waals surface area contributed by atoms with Gasteiger partial charge in [-0.3, -0.25) is 5.32 Å². The molecule has 0 unspecified atom stereocenters. The van der Waals surface area contributed by atoms with Gasteiger partial charge >= 0.3 is 6.03 Å². The second-order valence-corrected chi connectivity index (χ2v) is 7.77. The van der Waals surface area contributed by atoms with Crippen LogP contribution in [0.15, 0.2) is 12.1 Å². The van der Waals surface area contributed by atoms with Crippen molar-refractivity contribution < 1.29 is 13.6 Å². The monoisotopic (exact) mass is 352 g/mol. The van der Waals surface area contributed by atoms with Crippen LogP contribution in [0, 0.1) is 11.6 Å². The fraction of sp³-hybridized carbons (Fsp3) is 0.438. The van der Waals surface area contributed by atoms with Crippen LogP contribution >= 0.6 is 11.3 Å². The lowest BCUT2D eigenvalue weighted by molar-refractivity contribution is 0.205. The normalized spacial score (nSPS) is 14.5. The van der Waals surface area contributed by atoms with E-state index in [9.17, 15) is 13.6 Å². The van der Waals surface area contributed by atoms with Crippen LogP contribution in [0.1, 0.15) is 36.9 Å². The van der Waals surface area contributed by atoms with Crippen LogP contribution in [-0.2, 0) is 18.4 Å². The lowest BCUT2D eigenvalue weighted by Gasteiger charge is -2.28. The summed E-state index contributed by atoms with van der Waals surface area (Å²) in [4.78, 5) is 13.9. The van der Waals surface area contributed by atoms with Gasteiger partial charge in [0, 0.05) is 24.6 Å². The van der Waals surface area contributed by atoms with Gasteiger partial charge in [0.25, 0.3) is 0 Å². The lowest BCUT2D eigenvalue weighted by atomic mass is 9.98. The third-order valence-electron chi connectivity index (χ3n) is 3.81. The molecule has 0 atom stereocenters. The molecule has 2 amide bonds. The fourth-order valence-corrected chi connectivity index (χ4v) is 3.32.